The van der Waals surface area contributed by atoms with E-state index in [2.05, 4.69) is 24.3 Å². The van der Waals surface area contributed by atoms with Crippen molar-refractivity contribution in [2.24, 2.45) is 0 Å². The topological polar surface area (TPSA) is 52.0 Å². The summed E-state index contributed by atoms with van der Waals surface area (Å²) in [5.41, 5.74) is 13.0. The van der Waals surface area contributed by atoms with Gasteiger partial charge in [-0.1, -0.05) is 0 Å². The first kappa shape index (κ1) is 15.1. The average molecular weight is 304 g/mol. The van der Waals surface area contributed by atoms with Gasteiger partial charge in [-0.25, -0.2) is 0 Å². The Morgan fingerprint density at radius 2 is 0.950 bits per heavy atom. The Morgan fingerprint density at radius 1 is 0.600 bits per heavy atom. The lowest BCUT2D eigenvalue weighted by atomic mass is 10.3. The molecule has 0 saturated heterocycles. The van der Waals surface area contributed by atoms with Crippen LogP contribution in [0.15, 0.2) is 58.3 Å². The molecule has 0 unspecified atom stereocenters. The number of nitrogens with two attached hydrogens (primary N) is 2. The molecule has 0 spiro atoms. The van der Waals surface area contributed by atoms with Crippen LogP contribution in [-0.2, 0) is 0 Å². The van der Waals surface area contributed by atoms with Crippen molar-refractivity contribution >= 4 is 34.9 Å². The van der Waals surface area contributed by atoms with E-state index in [1.54, 1.807) is 0 Å². The van der Waals surface area contributed by atoms with Crippen LogP contribution in [0.3, 0.4) is 0 Å². The molecule has 0 atom stereocenters. The lowest BCUT2D eigenvalue weighted by Crippen LogP contribution is -1.86. The third kappa shape index (κ3) is 5.39. The molecular formula is C16H20N2S2. The third-order valence-electron chi connectivity index (χ3n) is 2.84. The second kappa shape index (κ2) is 8.12. The lowest BCUT2D eigenvalue weighted by molar-refractivity contribution is 0.907. The summed E-state index contributed by atoms with van der Waals surface area (Å²) in [4.78, 5) is 2.59. The van der Waals surface area contributed by atoms with Gasteiger partial charge in [-0.05, 0) is 72.9 Å². The van der Waals surface area contributed by atoms with Crippen LogP contribution in [0.1, 0.15) is 12.8 Å². The summed E-state index contributed by atoms with van der Waals surface area (Å²) in [6.45, 7) is 0. The first-order valence-corrected chi connectivity index (χ1v) is 8.68. The number of hydrogen-bond donors (Lipinski definition) is 2. The van der Waals surface area contributed by atoms with Crippen molar-refractivity contribution in [3.8, 4) is 0 Å². The van der Waals surface area contributed by atoms with Gasteiger partial charge in [0.15, 0.2) is 0 Å². The Hall–Kier alpha value is -1.26. The normalized spacial score (nSPS) is 10.6. The average Bonchev–Trinajstić information content (AvgIpc) is 2.46. The molecule has 0 aliphatic rings. The summed E-state index contributed by atoms with van der Waals surface area (Å²) in [6.07, 6.45) is 2.47. The fraction of sp³-hybridized carbons (Fsp3) is 0.250. The van der Waals surface area contributed by atoms with Gasteiger partial charge in [0.05, 0.1) is 0 Å². The quantitative estimate of drug-likeness (QED) is 0.449. The summed E-state index contributed by atoms with van der Waals surface area (Å²) in [7, 11) is 0. The maximum atomic E-state index is 5.67. The van der Waals surface area contributed by atoms with Crippen LogP contribution in [0.25, 0.3) is 0 Å². The Morgan fingerprint density at radius 3 is 1.30 bits per heavy atom. The third-order valence-corrected chi connectivity index (χ3v) is 5.03. The van der Waals surface area contributed by atoms with Crippen LogP contribution in [0.5, 0.6) is 0 Å². The highest BCUT2D eigenvalue weighted by atomic mass is 32.2. The van der Waals surface area contributed by atoms with Gasteiger partial charge >= 0.3 is 0 Å². The van der Waals surface area contributed by atoms with Gasteiger partial charge in [-0.15, -0.1) is 23.5 Å². The number of rotatable bonds is 7. The number of hydrogen-bond acceptors (Lipinski definition) is 4. The molecule has 2 aromatic rings. The van der Waals surface area contributed by atoms with Gasteiger partial charge in [-0.3, -0.25) is 0 Å². The van der Waals surface area contributed by atoms with Crippen LogP contribution in [-0.4, -0.2) is 11.5 Å². The first-order chi connectivity index (χ1) is 9.74. The van der Waals surface area contributed by atoms with Crippen molar-refractivity contribution in [1.82, 2.24) is 0 Å². The van der Waals surface area contributed by atoms with Crippen LogP contribution in [0.2, 0.25) is 0 Å². The summed E-state index contributed by atoms with van der Waals surface area (Å²) in [5.74, 6) is 2.32. The van der Waals surface area contributed by atoms with Gasteiger partial charge < -0.3 is 11.5 Å². The largest absolute Gasteiger partial charge is 0.399 e. The number of unbranched alkanes of at least 4 members (excludes halogenated alkanes) is 1. The summed E-state index contributed by atoms with van der Waals surface area (Å²) < 4.78 is 0. The van der Waals surface area contributed by atoms with Gasteiger partial charge in [0.1, 0.15) is 0 Å². The molecule has 2 rings (SSSR count). The SMILES string of the molecule is Nc1ccc(SCCCCSc2ccc(N)cc2)cc1. The van der Waals surface area contributed by atoms with Crippen molar-refractivity contribution in [2.45, 2.75) is 22.6 Å². The zero-order chi connectivity index (χ0) is 14.2. The molecule has 0 radical (unpaired) electrons. The zero-order valence-electron chi connectivity index (χ0n) is 11.4. The van der Waals surface area contributed by atoms with E-state index in [0.29, 0.717) is 0 Å². The van der Waals surface area contributed by atoms with Crippen molar-refractivity contribution in [2.75, 3.05) is 23.0 Å². The van der Waals surface area contributed by atoms with Crippen LogP contribution >= 0.6 is 23.5 Å². The Kier molecular flexibility index (Phi) is 6.15. The highest BCUT2D eigenvalue weighted by Crippen LogP contribution is 2.23. The van der Waals surface area contributed by atoms with E-state index in [-0.39, 0.29) is 0 Å². The van der Waals surface area contributed by atoms with Crippen LogP contribution < -0.4 is 11.5 Å². The smallest absolute Gasteiger partial charge is 0.0314 e. The minimum Gasteiger partial charge on any atom is -0.399 e. The lowest BCUT2D eigenvalue weighted by Gasteiger charge is -2.03. The van der Waals surface area contributed by atoms with Crippen molar-refractivity contribution in [3.63, 3.8) is 0 Å². The Bertz CT molecular complexity index is 460. The van der Waals surface area contributed by atoms with Gasteiger partial charge in [0.2, 0.25) is 0 Å². The molecule has 106 valence electrons. The van der Waals surface area contributed by atoms with E-state index in [0.717, 1.165) is 22.9 Å². The molecule has 0 bridgehead atoms. The molecule has 0 heterocycles. The second-order valence-corrected chi connectivity index (χ2v) is 6.88. The summed E-state index contributed by atoms with van der Waals surface area (Å²) >= 11 is 3.79. The van der Waals surface area contributed by atoms with E-state index in [9.17, 15) is 0 Å². The molecular weight excluding hydrogens is 284 g/mol. The number of benzene rings is 2. The first-order valence-electron chi connectivity index (χ1n) is 6.71. The number of nitrogen functional groups attached to an aromatic ring is 2. The fourth-order valence-electron chi connectivity index (χ4n) is 1.71. The molecule has 0 fully saturated rings. The Labute approximate surface area is 129 Å². The summed E-state index contributed by atoms with van der Waals surface area (Å²) in [5, 5.41) is 0. The van der Waals surface area contributed by atoms with Crippen LogP contribution in [0, 0.1) is 0 Å². The molecule has 4 heteroatoms. The predicted octanol–water partition coefficient (Wildman–Crippen LogP) is 4.52. The molecule has 0 aliphatic heterocycles. The molecule has 20 heavy (non-hydrogen) atoms. The molecule has 2 nitrogen and oxygen atoms in total. The zero-order valence-corrected chi connectivity index (χ0v) is 13.1. The van der Waals surface area contributed by atoms with Gasteiger partial charge in [0, 0.05) is 21.2 Å². The summed E-state index contributed by atoms with van der Waals surface area (Å²) in [6, 6.07) is 16.2. The second-order valence-electron chi connectivity index (χ2n) is 4.54. The van der Waals surface area contributed by atoms with E-state index in [1.807, 2.05) is 47.8 Å². The predicted molar refractivity (Wildman–Crippen MR) is 92.4 cm³/mol. The minimum absolute atomic E-state index is 0.828. The molecule has 2 aromatic carbocycles. The monoisotopic (exact) mass is 304 g/mol. The highest BCUT2D eigenvalue weighted by molar-refractivity contribution is 7.99. The van der Waals surface area contributed by atoms with Crippen molar-refractivity contribution in [1.29, 1.82) is 0 Å². The molecule has 4 N–H and O–H groups in total. The van der Waals surface area contributed by atoms with E-state index in [4.69, 9.17) is 11.5 Å². The Balaban J connectivity index is 1.57. The maximum absolute atomic E-state index is 5.67. The number of anilines is 2. The fourth-order valence-corrected chi connectivity index (χ4v) is 3.54. The molecule has 0 aliphatic carbocycles. The van der Waals surface area contributed by atoms with Gasteiger partial charge in [0.25, 0.3) is 0 Å². The van der Waals surface area contributed by atoms with E-state index in [1.165, 1.54) is 22.6 Å². The van der Waals surface area contributed by atoms with E-state index >= 15 is 0 Å². The van der Waals surface area contributed by atoms with Crippen molar-refractivity contribution in [3.05, 3.63) is 48.5 Å². The molecule has 0 amide bonds. The molecule has 0 aromatic heterocycles. The standard InChI is InChI=1S/C16H20N2S2/c17-13-3-7-15(8-4-13)19-11-1-2-12-20-16-9-5-14(18)6-10-16/h3-10H,1-2,11-12,17-18H2. The molecule has 0 saturated carbocycles. The van der Waals surface area contributed by atoms with Crippen molar-refractivity contribution < 1.29 is 0 Å². The van der Waals surface area contributed by atoms with Crippen LogP contribution in [0.4, 0.5) is 11.4 Å². The maximum Gasteiger partial charge on any atom is 0.0314 e. The highest BCUT2D eigenvalue weighted by Gasteiger charge is 1.96. The van der Waals surface area contributed by atoms with Gasteiger partial charge in [-0.2, -0.15) is 0 Å². The van der Waals surface area contributed by atoms with E-state index < -0.39 is 0 Å². The number of thioether (sulfide) groups is 2. The minimum atomic E-state index is 0.828.